The van der Waals surface area contributed by atoms with E-state index in [9.17, 15) is 14.7 Å². The fraction of sp³-hybridized carbons (Fsp3) is 0.294. The molecule has 0 radical (unpaired) electrons. The number of carboxylic acids is 1. The number of carboxylic acid groups (broad SMARTS) is 1. The van der Waals surface area contributed by atoms with Crippen molar-refractivity contribution in [3.63, 3.8) is 0 Å². The molecule has 2 aromatic rings. The lowest BCUT2D eigenvalue weighted by Gasteiger charge is -2.16. The van der Waals surface area contributed by atoms with Gasteiger partial charge in [-0.2, -0.15) is 0 Å². The quantitative estimate of drug-likeness (QED) is 0.890. The number of hydrogen-bond donors (Lipinski definition) is 2. The van der Waals surface area contributed by atoms with Gasteiger partial charge in [-0.1, -0.05) is 29.3 Å². The number of thiophene rings is 1. The third-order valence-electron chi connectivity index (χ3n) is 3.26. The number of carbonyl (C=O) groups excluding carboxylic acids is 1. The highest BCUT2D eigenvalue weighted by Gasteiger charge is 2.22. The number of hydrogen-bond acceptors (Lipinski definition) is 3. The molecule has 1 atom stereocenters. The molecule has 0 aliphatic heterocycles. The first kappa shape index (κ1) is 16.2. The molecular formula is C17H19NO3S. The molecule has 2 N–H and O–H groups in total. The van der Waals surface area contributed by atoms with Crippen molar-refractivity contribution < 1.29 is 14.7 Å². The van der Waals surface area contributed by atoms with E-state index in [1.807, 2.05) is 39.0 Å². The molecule has 0 saturated heterocycles. The summed E-state index contributed by atoms with van der Waals surface area (Å²) >= 11 is 1.54. The van der Waals surface area contributed by atoms with Crippen LogP contribution in [-0.4, -0.2) is 17.0 Å². The number of benzene rings is 1. The predicted octanol–water partition coefficient (Wildman–Crippen LogP) is 3.16. The molecule has 0 aliphatic carbocycles. The van der Waals surface area contributed by atoms with Crippen molar-refractivity contribution in [3.8, 4) is 0 Å². The zero-order chi connectivity index (χ0) is 16.3. The Hall–Kier alpha value is -2.14. The summed E-state index contributed by atoms with van der Waals surface area (Å²) in [5, 5.41) is 12.0. The molecule has 1 amide bonds. The number of aryl methyl sites for hydroxylation is 3. The van der Waals surface area contributed by atoms with E-state index in [2.05, 4.69) is 5.32 Å². The van der Waals surface area contributed by atoms with Gasteiger partial charge in [0.05, 0.1) is 6.42 Å². The zero-order valence-corrected chi connectivity index (χ0v) is 13.7. The molecule has 2 rings (SSSR count). The molecule has 0 spiro atoms. The van der Waals surface area contributed by atoms with Gasteiger partial charge in [0.2, 0.25) is 5.91 Å². The van der Waals surface area contributed by atoms with Crippen LogP contribution in [0.4, 0.5) is 0 Å². The lowest BCUT2D eigenvalue weighted by molar-refractivity contribution is -0.141. The normalized spacial score (nSPS) is 12.0. The summed E-state index contributed by atoms with van der Waals surface area (Å²) in [6.45, 7) is 5.79. The minimum absolute atomic E-state index is 0.201. The molecule has 4 nitrogen and oxygen atoms in total. The highest BCUT2D eigenvalue weighted by atomic mass is 32.1. The van der Waals surface area contributed by atoms with Crippen molar-refractivity contribution in [3.05, 3.63) is 56.8 Å². The number of nitrogens with one attached hydrogen (secondary N) is 1. The Kier molecular flexibility index (Phi) is 4.98. The van der Waals surface area contributed by atoms with Crippen LogP contribution in [0.15, 0.2) is 30.3 Å². The van der Waals surface area contributed by atoms with Gasteiger partial charge < -0.3 is 10.4 Å². The first-order valence-electron chi connectivity index (χ1n) is 7.01. The number of aliphatic carboxylic acids is 1. The maximum absolute atomic E-state index is 12.1. The largest absolute Gasteiger partial charge is 0.479 e. The molecule has 1 aromatic heterocycles. The van der Waals surface area contributed by atoms with E-state index in [-0.39, 0.29) is 12.3 Å². The standard InChI is InChI=1S/C17H19NO3S/c1-10-6-11(2)8-13(7-10)16(17(20)21)18-15(19)9-14-5-4-12(3)22-14/h4-8,16H,9H2,1-3H3,(H,18,19)(H,20,21). The van der Waals surface area contributed by atoms with E-state index in [1.165, 1.54) is 0 Å². The topological polar surface area (TPSA) is 66.4 Å². The Morgan fingerprint density at radius 3 is 2.27 bits per heavy atom. The summed E-state index contributed by atoms with van der Waals surface area (Å²) in [5.41, 5.74) is 2.55. The first-order valence-corrected chi connectivity index (χ1v) is 7.82. The average molecular weight is 317 g/mol. The second-order valence-corrected chi connectivity index (χ2v) is 6.82. The molecule has 0 bridgehead atoms. The van der Waals surface area contributed by atoms with Gasteiger partial charge in [0, 0.05) is 9.75 Å². The van der Waals surface area contributed by atoms with Crippen molar-refractivity contribution in [2.45, 2.75) is 33.2 Å². The van der Waals surface area contributed by atoms with Crippen LogP contribution in [0.25, 0.3) is 0 Å². The van der Waals surface area contributed by atoms with Crippen molar-refractivity contribution in [2.24, 2.45) is 0 Å². The van der Waals surface area contributed by atoms with Gasteiger partial charge in [-0.25, -0.2) is 4.79 Å². The highest BCUT2D eigenvalue weighted by Crippen LogP contribution is 2.19. The van der Waals surface area contributed by atoms with Gasteiger partial charge in [0.15, 0.2) is 6.04 Å². The van der Waals surface area contributed by atoms with E-state index in [4.69, 9.17) is 0 Å². The van der Waals surface area contributed by atoms with E-state index >= 15 is 0 Å². The van der Waals surface area contributed by atoms with Crippen molar-refractivity contribution >= 4 is 23.2 Å². The Bertz CT molecular complexity index is 685. The van der Waals surface area contributed by atoms with Gasteiger partial charge in [0.25, 0.3) is 0 Å². The Labute approximate surface area is 133 Å². The van der Waals surface area contributed by atoms with Crippen LogP contribution in [-0.2, 0) is 16.0 Å². The summed E-state index contributed by atoms with van der Waals surface area (Å²) < 4.78 is 0. The first-order chi connectivity index (χ1) is 10.3. The Morgan fingerprint density at radius 2 is 1.77 bits per heavy atom. The SMILES string of the molecule is Cc1cc(C)cc(C(NC(=O)Cc2ccc(C)s2)C(=O)O)c1. The number of amides is 1. The summed E-state index contributed by atoms with van der Waals surface area (Å²) in [4.78, 5) is 25.7. The van der Waals surface area contributed by atoms with Gasteiger partial charge in [-0.05, 0) is 38.5 Å². The second-order valence-electron chi connectivity index (χ2n) is 5.45. The molecule has 1 unspecified atom stereocenters. The Morgan fingerprint density at radius 1 is 1.14 bits per heavy atom. The molecule has 1 aromatic carbocycles. The highest BCUT2D eigenvalue weighted by molar-refractivity contribution is 7.12. The number of carbonyl (C=O) groups is 2. The molecule has 116 valence electrons. The minimum Gasteiger partial charge on any atom is -0.479 e. The van der Waals surface area contributed by atoms with Gasteiger partial charge in [-0.3, -0.25) is 4.79 Å². The summed E-state index contributed by atoms with van der Waals surface area (Å²) in [6, 6.07) is 8.38. The lowest BCUT2D eigenvalue weighted by atomic mass is 10.0. The lowest BCUT2D eigenvalue weighted by Crippen LogP contribution is -2.34. The van der Waals surface area contributed by atoms with Crippen molar-refractivity contribution in [1.29, 1.82) is 0 Å². The van der Waals surface area contributed by atoms with E-state index in [0.29, 0.717) is 5.56 Å². The van der Waals surface area contributed by atoms with E-state index < -0.39 is 12.0 Å². The molecule has 0 fully saturated rings. The van der Waals surface area contributed by atoms with Crippen LogP contribution in [0, 0.1) is 20.8 Å². The van der Waals surface area contributed by atoms with Crippen molar-refractivity contribution in [1.82, 2.24) is 5.32 Å². The smallest absolute Gasteiger partial charge is 0.330 e. The maximum atomic E-state index is 12.1. The fourth-order valence-electron chi connectivity index (χ4n) is 2.41. The van der Waals surface area contributed by atoms with E-state index in [1.54, 1.807) is 23.5 Å². The molecule has 22 heavy (non-hydrogen) atoms. The van der Waals surface area contributed by atoms with Gasteiger partial charge >= 0.3 is 5.97 Å². The maximum Gasteiger partial charge on any atom is 0.330 e. The number of rotatable bonds is 5. The molecule has 0 saturated carbocycles. The van der Waals surface area contributed by atoms with Crippen LogP contribution >= 0.6 is 11.3 Å². The van der Waals surface area contributed by atoms with Gasteiger partial charge in [0.1, 0.15) is 0 Å². The van der Waals surface area contributed by atoms with Crippen LogP contribution in [0.3, 0.4) is 0 Å². The third-order valence-corrected chi connectivity index (χ3v) is 4.26. The van der Waals surface area contributed by atoms with Crippen molar-refractivity contribution in [2.75, 3.05) is 0 Å². The summed E-state index contributed by atoms with van der Waals surface area (Å²) in [6.07, 6.45) is 0.201. The summed E-state index contributed by atoms with van der Waals surface area (Å²) in [7, 11) is 0. The van der Waals surface area contributed by atoms with Crippen LogP contribution < -0.4 is 5.32 Å². The zero-order valence-electron chi connectivity index (χ0n) is 12.8. The van der Waals surface area contributed by atoms with Crippen LogP contribution in [0.2, 0.25) is 0 Å². The van der Waals surface area contributed by atoms with Crippen LogP contribution in [0.5, 0.6) is 0 Å². The molecule has 5 heteroatoms. The van der Waals surface area contributed by atoms with Crippen LogP contribution in [0.1, 0.15) is 32.5 Å². The minimum atomic E-state index is -1.05. The van der Waals surface area contributed by atoms with Gasteiger partial charge in [-0.15, -0.1) is 11.3 Å². The van der Waals surface area contributed by atoms with E-state index in [0.717, 1.165) is 20.9 Å². The molecule has 1 heterocycles. The summed E-state index contributed by atoms with van der Waals surface area (Å²) in [5.74, 6) is -1.34. The average Bonchev–Trinajstić information content (AvgIpc) is 2.79. The monoisotopic (exact) mass is 317 g/mol. The molecule has 0 aliphatic rings. The second kappa shape index (κ2) is 6.75. The third kappa shape index (κ3) is 4.18. The predicted molar refractivity (Wildman–Crippen MR) is 87.2 cm³/mol. The fourth-order valence-corrected chi connectivity index (χ4v) is 3.30. The Balaban J connectivity index is 2.14. The molecular weight excluding hydrogens is 298 g/mol.